The molecule has 0 bridgehead atoms. The summed E-state index contributed by atoms with van der Waals surface area (Å²) in [5.74, 6) is 0.617. The molecule has 0 saturated heterocycles. The van der Waals surface area contributed by atoms with Gasteiger partial charge in [0.15, 0.2) is 5.12 Å². The molecule has 0 fully saturated rings. The van der Waals surface area contributed by atoms with E-state index in [1.54, 1.807) is 0 Å². The van der Waals surface area contributed by atoms with E-state index in [-0.39, 0.29) is 5.12 Å². The Hall–Kier alpha value is 0.0200. The number of carbonyl (C=O) groups is 1. The number of hydrogen-bond donors (Lipinski definition) is 1. The van der Waals surface area contributed by atoms with Gasteiger partial charge in [0.1, 0.15) is 0 Å². The Morgan fingerprint density at radius 3 is 2.25 bits per heavy atom. The van der Waals surface area contributed by atoms with Crippen molar-refractivity contribution >= 4 is 17.7 Å². The third-order valence-corrected chi connectivity index (χ3v) is 1.16. The maximum Gasteiger partial charge on any atom is 0.185 e. The second-order valence-corrected chi connectivity index (χ2v) is 2.83. The van der Waals surface area contributed by atoms with Crippen LogP contribution in [0.15, 0.2) is 0 Å². The summed E-state index contributed by atoms with van der Waals surface area (Å²) in [6, 6.07) is 0. The zero-order valence-electron chi connectivity index (χ0n) is 5.35. The molecule has 0 amide bonds. The molecule has 0 atom stereocenters. The summed E-state index contributed by atoms with van der Waals surface area (Å²) in [6.07, 6.45) is 1.57. The van der Waals surface area contributed by atoms with E-state index < -0.39 is 0 Å². The standard InChI is InChI=1S/C6H12OS/c1-5(2)3-4-6(7)8/h5H,3-4H2,1-2H3,(H,7,8). The second-order valence-electron chi connectivity index (χ2n) is 2.33. The fourth-order valence-electron chi connectivity index (χ4n) is 0.412. The van der Waals surface area contributed by atoms with Crippen LogP contribution in [-0.2, 0) is 4.79 Å². The van der Waals surface area contributed by atoms with E-state index in [0.29, 0.717) is 12.3 Å². The zero-order chi connectivity index (χ0) is 6.57. The molecular weight excluding hydrogens is 120 g/mol. The van der Waals surface area contributed by atoms with Crippen molar-refractivity contribution in [2.75, 3.05) is 0 Å². The van der Waals surface area contributed by atoms with Crippen LogP contribution in [0.4, 0.5) is 0 Å². The topological polar surface area (TPSA) is 17.1 Å². The maximum absolute atomic E-state index is 10.2. The Kier molecular flexibility index (Phi) is 3.97. The first-order valence-corrected chi connectivity index (χ1v) is 3.29. The maximum atomic E-state index is 10.2. The fourth-order valence-corrected chi connectivity index (χ4v) is 0.541. The van der Waals surface area contributed by atoms with Crippen molar-refractivity contribution in [1.29, 1.82) is 0 Å². The molecule has 2 heteroatoms. The molecule has 0 spiro atoms. The smallest absolute Gasteiger partial charge is 0.185 e. The highest BCUT2D eigenvalue weighted by Crippen LogP contribution is 2.04. The van der Waals surface area contributed by atoms with Gasteiger partial charge in [0, 0.05) is 6.42 Å². The van der Waals surface area contributed by atoms with Gasteiger partial charge in [-0.05, 0) is 12.3 Å². The van der Waals surface area contributed by atoms with Gasteiger partial charge in [0.2, 0.25) is 0 Å². The monoisotopic (exact) mass is 132 g/mol. The summed E-state index contributed by atoms with van der Waals surface area (Å²) < 4.78 is 0. The lowest BCUT2D eigenvalue weighted by molar-refractivity contribution is -0.111. The van der Waals surface area contributed by atoms with Crippen LogP contribution in [0.5, 0.6) is 0 Å². The van der Waals surface area contributed by atoms with Crippen molar-refractivity contribution in [3.8, 4) is 0 Å². The van der Waals surface area contributed by atoms with Gasteiger partial charge in [0.25, 0.3) is 0 Å². The molecule has 0 radical (unpaired) electrons. The van der Waals surface area contributed by atoms with Gasteiger partial charge < -0.3 is 0 Å². The molecule has 0 saturated carbocycles. The molecule has 0 heterocycles. The minimum absolute atomic E-state index is 0.00120. The zero-order valence-corrected chi connectivity index (χ0v) is 6.24. The van der Waals surface area contributed by atoms with E-state index in [0.717, 1.165) is 6.42 Å². The molecule has 0 N–H and O–H groups in total. The van der Waals surface area contributed by atoms with Crippen molar-refractivity contribution in [1.82, 2.24) is 0 Å². The third kappa shape index (κ3) is 6.02. The average molecular weight is 132 g/mol. The normalized spacial score (nSPS) is 10.0. The first-order valence-electron chi connectivity index (χ1n) is 2.84. The molecule has 0 aromatic carbocycles. The van der Waals surface area contributed by atoms with Crippen LogP contribution in [0.2, 0.25) is 0 Å². The minimum atomic E-state index is -0.00120. The van der Waals surface area contributed by atoms with Crippen LogP contribution < -0.4 is 0 Å². The van der Waals surface area contributed by atoms with Crippen LogP contribution in [0.3, 0.4) is 0 Å². The van der Waals surface area contributed by atoms with Gasteiger partial charge in [-0.3, -0.25) is 4.79 Å². The van der Waals surface area contributed by atoms with Crippen LogP contribution in [0.1, 0.15) is 26.7 Å². The van der Waals surface area contributed by atoms with Crippen molar-refractivity contribution < 1.29 is 4.79 Å². The van der Waals surface area contributed by atoms with Gasteiger partial charge in [-0.25, -0.2) is 0 Å². The average Bonchev–Trinajstić information content (AvgIpc) is 1.61. The third-order valence-electron chi connectivity index (χ3n) is 0.936. The molecule has 48 valence electrons. The first kappa shape index (κ1) is 8.02. The SMILES string of the molecule is CC(C)CCC(=O)S. The van der Waals surface area contributed by atoms with Crippen LogP contribution >= 0.6 is 12.6 Å². The summed E-state index contributed by atoms with van der Waals surface area (Å²) >= 11 is 3.63. The summed E-state index contributed by atoms with van der Waals surface area (Å²) in [4.78, 5) is 10.2. The highest BCUT2D eigenvalue weighted by Gasteiger charge is 1.96. The molecular formula is C6H12OS. The van der Waals surface area contributed by atoms with E-state index in [1.807, 2.05) is 0 Å². The highest BCUT2D eigenvalue weighted by molar-refractivity contribution is 7.96. The van der Waals surface area contributed by atoms with Crippen molar-refractivity contribution in [2.45, 2.75) is 26.7 Å². The van der Waals surface area contributed by atoms with Crippen LogP contribution in [-0.4, -0.2) is 5.12 Å². The molecule has 0 aromatic heterocycles. The molecule has 0 aliphatic heterocycles. The number of hydrogen-bond acceptors (Lipinski definition) is 1. The van der Waals surface area contributed by atoms with Crippen LogP contribution in [0.25, 0.3) is 0 Å². The molecule has 0 aliphatic carbocycles. The van der Waals surface area contributed by atoms with E-state index in [9.17, 15) is 4.79 Å². The Morgan fingerprint density at radius 2 is 2.12 bits per heavy atom. The molecule has 0 aliphatic rings. The van der Waals surface area contributed by atoms with Gasteiger partial charge in [-0.1, -0.05) is 13.8 Å². The highest BCUT2D eigenvalue weighted by atomic mass is 32.1. The Balaban J connectivity index is 3.05. The van der Waals surface area contributed by atoms with E-state index in [1.165, 1.54) is 0 Å². The number of thiol groups is 1. The van der Waals surface area contributed by atoms with E-state index >= 15 is 0 Å². The largest absolute Gasteiger partial charge is 0.288 e. The van der Waals surface area contributed by atoms with Gasteiger partial charge in [-0.15, -0.1) is 12.6 Å². The minimum Gasteiger partial charge on any atom is -0.288 e. The predicted molar refractivity (Wildman–Crippen MR) is 38.1 cm³/mol. The quantitative estimate of drug-likeness (QED) is 0.580. The summed E-state index contributed by atoms with van der Waals surface area (Å²) in [5, 5.41) is -0.00120. The number of rotatable bonds is 3. The van der Waals surface area contributed by atoms with Gasteiger partial charge in [-0.2, -0.15) is 0 Å². The lowest BCUT2D eigenvalue weighted by atomic mass is 10.1. The second kappa shape index (κ2) is 3.96. The number of carbonyl (C=O) groups excluding carboxylic acids is 1. The molecule has 8 heavy (non-hydrogen) atoms. The van der Waals surface area contributed by atoms with Crippen molar-refractivity contribution in [2.24, 2.45) is 5.92 Å². The van der Waals surface area contributed by atoms with Crippen molar-refractivity contribution in [3.63, 3.8) is 0 Å². The van der Waals surface area contributed by atoms with Gasteiger partial charge >= 0.3 is 0 Å². The first-order chi connectivity index (χ1) is 3.63. The molecule has 1 nitrogen and oxygen atoms in total. The van der Waals surface area contributed by atoms with Crippen LogP contribution in [0, 0.1) is 5.92 Å². The Labute approximate surface area is 55.9 Å². The molecule has 0 unspecified atom stereocenters. The lowest BCUT2D eigenvalue weighted by Gasteiger charge is -1.98. The molecule has 0 aromatic rings. The van der Waals surface area contributed by atoms with Crippen molar-refractivity contribution in [3.05, 3.63) is 0 Å². The van der Waals surface area contributed by atoms with E-state index in [2.05, 4.69) is 26.5 Å². The summed E-state index contributed by atoms with van der Waals surface area (Å²) in [7, 11) is 0. The lowest BCUT2D eigenvalue weighted by Crippen LogP contribution is -1.91. The Morgan fingerprint density at radius 1 is 1.62 bits per heavy atom. The van der Waals surface area contributed by atoms with E-state index in [4.69, 9.17) is 0 Å². The summed E-state index contributed by atoms with van der Waals surface area (Å²) in [6.45, 7) is 4.19. The molecule has 0 rings (SSSR count). The van der Waals surface area contributed by atoms with Gasteiger partial charge in [0.05, 0.1) is 0 Å². The Bertz CT molecular complexity index is 78.6. The fraction of sp³-hybridized carbons (Fsp3) is 0.833. The predicted octanol–water partition coefficient (Wildman–Crippen LogP) is 1.88. The summed E-state index contributed by atoms with van der Waals surface area (Å²) in [5.41, 5.74) is 0.